The van der Waals surface area contributed by atoms with E-state index in [1.807, 2.05) is 0 Å². The van der Waals surface area contributed by atoms with Gasteiger partial charge in [0.15, 0.2) is 0 Å². The number of benzene rings is 12. The number of hydrogen-bond acceptors (Lipinski definition) is 2. The summed E-state index contributed by atoms with van der Waals surface area (Å²) in [7, 11) is 0. The minimum Gasteiger partial charge on any atom is -0.355 e. The highest BCUT2D eigenvalue weighted by atomic mass is 15.1. The molecule has 0 bridgehead atoms. The molecule has 2 heteroatoms. The van der Waals surface area contributed by atoms with Crippen LogP contribution in [0.2, 0.25) is 0 Å². The molecule has 0 radical (unpaired) electrons. The number of anilines is 5. The maximum atomic E-state index is 3.80. The Hall–Kier alpha value is -9.24. The molecule has 0 aliphatic carbocycles. The van der Waals surface area contributed by atoms with Gasteiger partial charge in [0.2, 0.25) is 0 Å². The van der Waals surface area contributed by atoms with Gasteiger partial charge in [-0.3, -0.25) is 0 Å². The van der Waals surface area contributed by atoms with Gasteiger partial charge in [0.25, 0.3) is 0 Å². The second-order valence-corrected chi connectivity index (χ2v) is 17.7. The molecule has 70 heavy (non-hydrogen) atoms. The summed E-state index contributed by atoms with van der Waals surface area (Å²) in [4.78, 5) is 2.39. The molecule has 12 rings (SSSR count). The summed E-state index contributed by atoms with van der Waals surface area (Å²) in [5.41, 5.74) is 19.4. The summed E-state index contributed by atoms with van der Waals surface area (Å²) in [5, 5.41) is 8.77. The first kappa shape index (κ1) is 42.1. The minimum atomic E-state index is 1.04. The van der Waals surface area contributed by atoms with Crippen molar-refractivity contribution in [2.24, 2.45) is 0 Å². The highest BCUT2D eigenvalue weighted by molar-refractivity contribution is 6.22. The van der Waals surface area contributed by atoms with Gasteiger partial charge in [0.05, 0.1) is 5.69 Å². The summed E-state index contributed by atoms with van der Waals surface area (Å²) in [6.45, 7) is 0. The van der Waals surface area contributed by atoms with Gasteiger partial charge in [-0.2, -0.15) is 0 Å². The van der Waals surface area contributed by atoms with Crippen molar-refractivity contribution in [3.63, 3.8) is 0 Å². The number of nitrogens with one attached hydrogen (secondary N) is 1. The first-order valence-corrected chi connectivity index (χ1v) is 24.0. The first-order chi connectivity index (χ1) is 34.7. The SMILES string of the molecule is c1ccc(Nc2c(-c3ccccc3)cccc2-c2ccc(N(c3cccc(-c4ccccc4)c3)c3cccc(-c4ccc5c(c4)c(-c4ccccc4)c(-c4ccccc4)c4ccccc45)c3)cc2)cc1. The van der Waals surface area contributed by atoms with Crippen LogP contribution in [-0.4, -0.2) is 0 Å². The molecule has 1 N–H and O–H groups in total. The highest BCUT2D eigenvalue weighted by Gasteiger charge is 2.20. The third-order valence-corrected chi connectivity index (χ3v) is 13.4. The first-order valence-electron chi connectivity index (χ1n) is 24.0. The average molecular weight is 893 g/mol. The number of nitrogens with zero attached hydrogens (tertiary/aromatic N) is 1. The van der Waals surface area contributed by atoms with Crippen molar-refractivity contribution in [1.29, 1.82) is 0 Å². The Kier molecular flexibility index (Phi) is 11.3. The van der Waals surface area contributed by atoms with Crippen molar-refractivity contribution in [2.45, 2.75) is 0 Å². The summed E-state index contributed by atoms with van der Waals surface area (Å²) >= 11 is 0. The fourth-order valence-corrected chi connectivity index (χ4v) is 10.1. The fourth-order valence-electron chi connectivity index (χ4n) is 10.1. The van der Waals surface area contributed by atoms with E-state index in [0.29, 0.717) is 0 Å². The van der Waals surface area contributed by atoms with E-state index in [0.717, 1.165) is 67.4 Å². The molecule has 0 heterocycles. The lowest BCUT2D eigenvalue weighted by Gasteiger charge is -2.27. The quantitative estimate of drug-likeness (QED) is 0.130. The minimum absolute atomic E-state index is 1.04. The zero-order valence-electron chi connectivity index (χ0n) is 38.6. The molecule has 0 aliphatic rings. The van der Waals surface area contributed by atoms with Crippen LogP contribution in [0.4, 0.5) is 28.4 Å². The van der Waals surface area contributed by atoms with Crippen LogP contribution >= 0.6 is 0 Å². The molecule has 0 spiro atoms. The molecular formula is C68H48N2. The smallest absolute Gasteiger partial charge is 0.0543 e. The molecule has 0 fully saturated rings. The lowest BCUT2D eigenvalue weighted by Crippen LogP contribution is -2.10. The van der Waals surface area contributed by atoms with Crippen LogP contribution in [0, 0.1) is 0 Å². The van der Waals surface area contributed by atoms with E-state index in [-0.39, 0.29) is 0 Å². The normalized spacial score (nSPS) is 11.1. The number of para-hydroxylation sites is 2. The molecule has 12 aromatic rings. The van der Waals surface area contributed by atoms with Crippen LogP contribution in [0.5, 0.6) is 0 Å². The van der Waals surface area contributed by atoms with E-state index in [4.69, 9.17) is 0 Å². The number of fused-ring (bicyclic) bond motifs is 3. The number of hydrogen-bond donors (Lipinski definition) is 1. The van der Waals surface area contributed by atoms with Crippen molar-refractivity contribution in [3.05, 3.63) is 285 Å². The van der Waals surface area contributed by atoms with Crippen LogP contribution in [0.15, 0.2) is 285 Å². The standard InChI is InChI=1S/C68H48N2/c1-6-21-48(22-7-1)53-29-18-33-58(45-53)70(57-42-39-50(40-43-57)61-38-20-37-60(49-23-8-2-9-24-49)68(61)69-56-31-14-5-15-32-56)59-34-19-30-54(46-59)55-41-44-63-62-35-16-17-36-64(62)66(51-25-10-3-11-26-51)67(65(63)47-55)52-27-12-4-13-28-52/h1-47,69H. The van der Waals surface area contributed by atoms with Gasteiger partial charge in [0, 0.05) is 33.9 Å². The summed E-state index contributed by atoms with van der Waals surface area (Å²) in [5.74, 6) is 0. The van der Waals surface area contributed by atoms with Crippen LogP contribution in [0.1, 0.15) is 0 Å². The molecule has 0 aromatic heterocycles. The van der Waals surface area contributed by atoms with Crippen LogP contribution in [0.3, 0.4) is 0 Å². The van der Waals surface area contributed by atoms with E-state index >= 15 is 0 Å². The van der Waals surface area contributed by atoms with Gasteiger partial charge in [-0.1, -0.05) is 231 Å². The largest absolute Gasteiger partial charge is 0.355 e. The molecule has 0 saturated carbocycles. The zero-order valence-corrected chi connectivity index (χ0v) is 38.6. The van der Waals surface area contributed by atoms with E-state index in [2.05, 4.69) is 295 Å². The molecule has 0 unspecified atom stereocenters. The molecule has 330 valence electrons. The molecular weight excluding hydrogens is 845 g/mol. The summed E-state index contributed by atoms with van der Waals surface area (Å²) < 4.78 is 0. The van der Waals surface area contributed by atoms with Gasteiger partial charge < -0.3 is 10.2 Å². The monoisotopic (exact) mass is 892 g/mol. The maximum absolute atomic E-state index is 3.80. The third-order valence-electron chi connectivity index (χ3n) is 13.4. The lowest BCUT2D eigenvalue weighted by molar-refractivity contribution is 1.28. The van der Waals surface area contributed by atoms with E-state index < -0.39 is 0 Å². The maximum Gasteiger partial charge on any atom is 0.0543 e. The van der Waals surface area contributed by atoms with Crippen molar-refractivity contribution < 1.29 is 0 Å². The Labute approximate surface area is 410 Å². The fraction of sp³-hybridized carbons (Fsp3) is 0. The Balaban J connectivity index is 1.01. The van der Waals surface area contributed by atoms with Crippen molar-refractivity contribution in [3.8, 4) is 66.8 Å². The second-order valence-electron chi connectivity index (χ2n) is 17.7. The topological polar surface area (TPSA) is 15.3 Å². The van der Waals surface area contributed by atoms with Gasteiger partial charge >= 0.3 is 0 Å². The summed E-state index contributed by atoms with van der Waals surface area (Å²) in [6.07, 6.45) is 0. The van der Waals surface area contributed by atoms with Crippen LogP contribution in [0.25, 0.3) is 88.3 Å². The average Bonchev–Trinajstić information content (AvgIpc) is 3.44. The zero-order chi connectivity index (χ0) is 46.6. The third kappa shape index (κ3) is 8.19. The molecule has 12 aromatic carbocycles. The number of rotatable bonds is 11. The molecule has 0 aliphatic heterocycles. The molecule has 0 atom stereocenters. The van der Waals surface area contributed by atoms with Gasteiger partial charge in [-0.05, 0) is 132 Å². The second kappa shape index (κ2) is 18.8. The Morgan fingerprint density at radius 3 is 1.21 bits per heavy atom. The molecule has 0 saturated heterocycles. The van der Waals surface area contributed by atoms with Gasteiger partial charge in [-0.25, -0.2) is 0 Å². The van der Waals surface area contributed by atoms with Crippen molar-refractivity contribution in [2.75, 3.05) is 10.2 Å². The van der Waals surface area contributed by atoms with E-state index in [1.165, 1.54) is 49.4 Å². The van der Waals surface area contributed by atoms with Gasteiger partial charge in [0.1, 0.15) is 0 Å². The van der Waals surface area contributed by atoms with Crippen molar-refractivity contribution >= 4 is 50.0 Å². The van der Waals surface area contributed by atoms with Crippen LogP contribution in [-0.2, 0) is 0 Å². The molecule has 2 nitrogen and oxygen atoms in total. The highest BCUT2D eigenvalue weighted by Crippen LogP contribution is 2.47. The summed E-state index contributed by atoms with van der Waals surface area (Å²) in [6, 6.07) is 103. The Morgan fingerprint density at radius 1 is 0.229 bits per heavy atom. The van der Waals surface area contributed by atoms with Gasteiger partial charge in [-0.15, -0.1) is 0 Å². The predicted molar refractivity (Wildman–Crippen MR) is 298 cm³/mol. The van der Waals surface area contributed by atoms with E-state index in [9.17, 15) is 0 Å². The lowest BCUT2D eigenvalue weighted by atomic mass is 9.84. The van der Waals surface area contributed by atoms with Crippen LogP contribution < -0.4 is 10.2 Å². The van der Waals surface area contributed by atoms with Crippen molar-refractivity contribution in [1.82, 2.24) is 0 Å². The predicted octanol–water partition coefficient (Wildman–Crippen LogP) is 19.2. The Morgan fingerprint density at radius 2 is 0.629 bits per heavy atom. The van der Waals surface area contributed by atoms with E-state index in [1.54, 1.807) is 0 Å². The Bertz CT molecular complexity index is 3760. The molecule has 0 amide bonds.